The lowest BCUT2D eigenvalue weighted by atomic mass is 9.89. The van der Waals surface area contributed by atoms with Crippen molar-refractivity contribution in [2.75, 3.05) is 91.0 Å². The van der Waals surface area contributed by atoms with Crippen molar-refractivity contribution < 1.29 is 96.7 Å². The summed E-state index contributed by atoms with van der Waals surface area (Å²) >= 11 is 0. The SMILES string of the molecule is CC(C)C(=O)OCc1ccc(NC(=O)[C@H](CCCNC(N)=O)CC(=O)[C@@H](NC(=O)[C@@H](CCCCNC(=O)COC2CCCCCC3=C2NNN3[C@@H]2O[C@H](CO)[C@H](O)[C@H](O)[C@H]2O)NC(=O)CCOCCOCCOCCOCCN2C(=O)CC(C(C)C)C2=O)C(C)C)cc1. The number of urea groups is 1. The molecule has 30 heteroatoms. The highest BCUT2D eigenvalue weighted by atomic mass is 16.6. The van der Waals surface area contributed by atoms with Crippen LogP contribution in [-0.4, -0.2) is 218 Å². The minimum atomic E-state index is -1.59. The van der Waals surface area contributed by atoms with Gasteiger partial charge in [0.2, 0.25) is 35.4 Å². The van der Waals surface area contributed by atoms with Crippen LogP contribution in [0, 0.1) is 29.6 Å². The lowest BCUT2D eigenvalue weighted by Crippen LogP contribution is -2.64. The van der Waals surface area contributed by atoms with E-state index < -0.39 is 103 Å². The Hall–Kier alpha value is -6.45. The number of aliphatic hydroxyl groups is 4. The Morgan fingerprint density at radius 1 is 0.753 bits per heavy atom. The molecule has 1 aromatic rings. The fraction of sp³-hybridized carbons (Fsp3) is 0.730. The first-order valence-electron chi connectivity index (χ1n) is 32.6. The van der Waals surface area contributed by atoms with E-state index in [9.17, 15) is 63.6 Å². The molecule has 0 saturated carbocycles. The van der Waals surface area contributed by atoms with Gasteiger partial charge in [-0.2, -0.15) is 0 Å². The predicted molar refractivity (Wildman–Crippen MR) is 334 cm³/mol. The van der Waals surface area contributed by atoms with Crippen LogP contribution in [0.4, 0.5) is 10.5 Å². The number of primary amides is 1. The molecule has 5 rings (SSSR count). The van der Waals surface area contributed by atoms with Crippen molar-refractivity contribution in [1.29, 1.82) is 0 Å². The Kier molecular flexibility index (Phi) is 33.8. The smallest absolute Gasteiger partial charge is 0.312 e. The molecule has 0 spiro atoms. The van der Waals surface area contributed by atoms with Gasteiger partial charge in [0.15, 0.2) is 12.0 Å². The van der Waals surface area contributed by atoms with Crippen LogP contribution in [0.15, 0.2) is 35.7 Å². The monoisotopic (exact) mass is 1320 g/mol. The molecule has 2 unspecified atom stereocenters. The highest BCUT2D eigenvalue weighted by Crippen LogP contribution is 2.34. The van der Waals surface area contributed by atoms with Gasteiger partial charge in [-0.05, 0) is 80.9 Å². The number of nitrogens with zero attached hydrogens (tertiary/aromatic N) is 2. The number of rotatable bonds is 42. The van der Waals surface area contributed by atoms with Crippen molar-refractivity contribution in [3.8, 4) is 0 Å². The van der Waals surface area contributed by atoms with Gasteiger partial charge < -0.3 is 91.3 Å². The lowest BCUT2D eigenvalue weighted by Gasteiger charge is -2.44. The number of hydrogen-bond donors (Lipinski definition) is 12. The van der Waals surface area contributed by atoms with E-state index in [0.29, 0.717) is 54.7 Å². The van der Waals surface area contributed by atoms with E-state index in [1.807, 2.05) is 13.8 Å². The zero-order valence-corrected chi connectivity index (χ0v) is 54.7. The maximum Gasteiger partial charge on any atom is 0.312 e. The molecule has 3 heterocycles. The number of amides is 8. The summed E-state index contributed by atoms with van der Waals surface area (Å²) in [5, 5.41) is 56.8. The lowest BCUT2D eigenvalue weighted by molar-refractivity contribution is -0.266. The summed E-state index contributed by atoms with van der Waals surface area (Å²) in [7, 11) is 0. The number of carbonyl (C=O) groups excluding carboxylic acids is 9. The number of Topliss-reactive ketones (excluding diaryl/α,β-unsaturated/α-hetero) is 1. The van der Waals surface area contributed by atoms with E-state index in [4.69, 9.17) is 38.9 Å². The molecule has 2 fully saturated rings. The number of anilines is 1. The molecule has 1 aromatic carbocycles. The van der Waals surface area contributed by atoms with Crippen molar-refractivity contribution >= 4 is 58.9 Å². The number of nitrogens with one attached hydrogen (secondary N) is 7. The average Bonchev–Trinajstić information content (AvgIpc) is 1.71. The van der Waals surface area contributed by atoms with Gasteiger partial charge in [0.25, 0.3) is 0 Å². The van der Waals surface area contributed by atoms with Crippen LogP contribution in [-0.2, 0) is 78.1 Å². The highest BCUT2D eigenvalue weighted by molar-refractivity contribution is 6.03. The number of carbonyl (C=O) groups is 9. The first-order chi connectivity index (χ1) is 44.5. The largest absolute Gasteiger partial charge is 0.461 e. The molecule has 30 nitrogen and oxygen atoms in total. The van der Waals surface area contributed by atoms with E-state index >= 15 is 0 Å². The number of hydrogen-bond acceptors (Lipinski definition) is 23. The van der Waals surface area contributed by atoms with Gasteiger partial charge in [-0.1, -0.05) is 66.5 Å². The maximum atomic E-state index is 14.3. The van der Waals surface area contributed by atoms with Crippen LogP contribution in [0.25, 0.3) is 0 Å². The molecule has 10 atom stereocenters. The van der Waals surface area contributed by atoms with Crippen molar-refractivity contribution in [3.63, 3.8) is 0 Å². The maximum absolute atomic E-state index is 14.3. The summed E-state index contributed by atoms with van der Waals surface area (Å²) in [5.74, 6) is -5.08. The molecule has 93 heavy (non-hydrogen) atoms. The zero-order valence-electron chi connectivity index (χ0n) is 54.7. The summed E-state index contributed by atoms with van der Waals surface area (Å²) in [6.45, 7) is 12.1. The summed E-state index contributed by atoms with van der Waals surface area (Å²) in [5.41, 5.74) is 13.7. The van der Waals surface area contributed by atoms with Gasteiger partial charge in [-0.15, -0.1) is 5.53 Å². The van der Waals surface area contributed by atoms with E-state index in [1.165, 1.54) is 9.91 Å². The van der Waals surface area contributed by atoms with Gasteiger partial charge in [-0.3, -0.25) is 48.3 Å². The molecule has 4 aliphatic rings. The molecule has 1 aliphatic carbocycles. The van der Waals surface area contributed by atoms with Gasteiger partial charge in [0.05, 0.1) is 89.4 Å². The number of aliphatic hydroxyl groups excluding tert-OH is 4. The summed E-state index contributed by atoms with van der Waals surface area (Å²) in [6.07, 6.45) is -2.95. The third-order valence-corrected chi connectivity index (χ3v) is 16.4. The Morgan fingerprint density at radius 3 is 2.05 bits per heavy atom. The number of allylic oxidation sites excluding steroid dienone is 1. The van der Waals surface area contributed by atoms with Gasteiger partial charge >= 0.3 is 12.0 Å². The molecule has 3 aliphatic heterocycles. The van der Waals surface area contributed by atoms with E-state index in [0.717, 1.165) is 19.3 Å². The first-order valence-corrected chi connectivity index (χ1v) is 32.6. The fourth-order valence-corrected chi connectivity index (χ4v) is 10.9. The second-order valence-electron chi connectivity index (χ2n) is 24.7. The highest BCUT2D eigenvalue weighted by Gasteiger charge is 2.48. The predicted octanol–water partition coefficient (Wildman–Crippen LogP) is 0.433. The minimum Gasteiger partial charge on any atom is -0.461 e. The molecule has 13 N–H and O–H groups in total. The second-order valence-corrected chi connectivity index (χ2v) is 24.7. The summed E-state index contributed by atoms with van der Waals surface area (Å²) in [6, 6.07) is 3.69. The van der Waals surface area contributed by atoms with E-state index in [-0.39, 0.29) is 153 Å². The third-order valence-electron chi connectivity index (χ3n) is 16.4. The number of imide groups is 1. The average molecular weight is 1320 g/mol. The molecule has 0 bridgehead atoms. The molecule has 524 valence electrons. The molecule has 8 amide bonds. The number of esters is 1. The number of benzene rings is 1. The van der Waals surface area contributed by atoms with Crippen molar-refractivity contribution in [3.05, 3.63) is 41.2 Å². The normalized spacial score (nSPS) is 21.8. The van der Waals surface area contributed by atoms with E-state index in [2.05, 4.69) is 37.5 Å². The number of ether oxygens (including phenoxy) is 7. The van der Waals surface area contributed by atoms with Crippen LogP contribution < -0.4 is 43.3 Å². The molecule has 0 radical (unpaired) electrons. The third kappa shape index (κ3) is 25.7. The quantitative estimate of drug-likeness (QED) is 0.0240. The van der Waals surface area contributed by atoms with Crippen LogP contribution in [0.3, 0.4) is 0 Å². The molecular weight excluding hydrogens is 1220 g/mol. The Bertz CT molecular complexity index is 2590. The second kappa shape index (κ2) is 40.7. The van der Waals surface area contributed by atoms with Crippen LogP contribution in [0.1, 0.15) is 131 Å². The van der Waals surface area contributed by atoms with Crippen molar-refractivity contribution in [2.45, 2.75) is 180 Å². The number of nitrogens with two attached hydrogens (primary N) is 1. The molecule has 2 saturated heterocycles. The summed E-state index contributed by atoms with van der Waals surface area (Å²) in [4.78, 5) is 119. The fourth-order valence-electron chi connectivity index (χ4n) is 10.9. The number of ketones is 1. The number of likely N-dealkylation sites (tertiary alicyclic amines) is 1. The summed E-state index contributed by atoms with van der Waals surface area (Å²) < 4.78 is 39.6. The van der Waals surface area contributed by atoms with E-state index in [1.54, 1.807) is 52.0 Å². The molecule has 0 aromatic heterocycles. The Morgan fingerprint density at radius 2 is 1.42 bits per heavy atom. The number of unbranched alkanes of at least 4 members (excludes halogenated alkanes) is 1. The Labute approximate surface area is 544 Å². The number of hydrazine groups is 2. The van der Waals surface area contributed by atoms with Crippen LogP contribution >= 0.6 is 0 Å². The van der Waals surface area contributed by atoms with Gasteiger partial charge in [0.1, 0.15) is 49.8 Å². The van der Waals surface area contributed by atoms with Gasteiger partial charge in [0, 0.05) is 49.9 Å². The van der Waals surface area contributed by atoms with Crippen LogP contribution in [0.2, 0.25) is 0 Å². The molecular formula is C63H102N10O20. The van der Waals surface area contributed by atoms with Gasteiger partial charge in [-0.25, -0.2) is 4.79 Å². The van der Waals surface area contributed by atoms with Crippen LogP contribution in [0.5, 0.6) is 0 Å². The topological polar surface area (TPSA) is 416 Å². The standard InChI is InChI=1S/C63H102N10O20/c1-38(2)44-34-52(78)72(60(44)84)24-26-88-28-30-90-32-31-89-29-27-87-25-21-50(76)68-45(14-10-11-22-65-51(77)37-91-48-16-9-7-8-15-46-54(48)70-71-73(46)61-57(81)56(80)55(79)49(35-74)93-61)59(83)69-53(39(3)4)47(75)33-42(13-12-23-66-63(64)86)58(82)67-43-19-17-41(18-20-43)36-92-62(85)40(5)6/h17-20,38-40,42,44-45,48-49,53,55-57,61,70-71,74,79-81H,7-16,21-37H2,1-6H3,(H,65,77)(H,67,82)(H,68,76)(H,69,83)(H3,64,66,86)/t42-,44?,45-,48?,49-,53+,55+,56+,57-,61-/m1/s1. The Balaban J connectivity index is 1.13. The zero-order chi connectivity index (χ0) is 68.0. The van der Waals surface area contributed by atoms with Crippen molar-refractivity contribution in [2.24, 2.45) is 35.3 Å². The first kappa shape index (κ1) is 77.3. The minimum absolute atomic E-state index is 0.00978. The van der Waals surface area contributed by atoms with Crippen molar-refractivity contribution in [1.82, 2.24) is 42.1 Å².